The number of alkyl halides is 3. The molecule has 0 saturated heterocycles. The summed E-state index contributed by atoms with van der Waals surface area (Å²) in [5.41, 5.74) is 1.09. The number of pyridine rings is 1. The Balaban J connectivity index is 1.20. The molecule has 3 heterocycles. The molecule has 12 heteroatoms. The van der Waals surface area contributed by atoms with Crippen LogP contribution in [0, 0.1) is 11.8 Å². The summed E-state index contributed by atoms with van der Waals surface area (Å²) in [4.78, 5) is 21.3. The number of nitrogens with one attached hydrogen (secondary N) is 1. The average molecular weight is 495 g/mol. The summed E-state index contributed by atoms with van der Waals surface area (Å²) in [5, 5.41) is 11.0. The van der Waals surface area contributed by atoms with Gasteiger partial charge in [0, 0.05) is 30.6 Å². The summed E-state index contributed by atoms with van der Waals surface area (Å²) in [6, 6.07) is 12.2. The molecule has 184 valence electrons. The van der Waals surface area contributed by atoms with Gasteiger partial charge in [0.1, 0.15) is 17.8 Å². The van der Waals surface area contributed by atoms with Gasteiger partial charge in [0.05, 0.1) is 12.0 Å². The smallest absolute Gasteiger partial charge is 0.366 e. The molecule has 6 rings (SSSR count). The third kappa shape index (κ3) is 4.02. The zero-order chi connectivity index (χ0) is 25.0. The van der Waals surface area contributed by atoms with Crippen LogP contribution in [0.1, 0.15) is 34.6 Å². The van der Waals surface area contributed by atoms with Crippen molar-refractivity contribution in [1.29, 1.82) is 0 Å². The number of rotatable bonds is 7. The molecule has 2 unspecified atom stereocenters. The number of fused-ring (bicyclic) bond motifs is 1. The lowest BCUT2D eigenvalue weighted by Gasteiger charge is -2.16. The highest BCUT2D eigenvalue weighted by atomic mass is 19.4. The summed E-state index contributed by atoms with van der Waals surface area (Å²) in [6.45, 7) is 0. The number of halogens is 3. The van der Waals surface area contributed by atoms with Crippen LogP contribution in [0.4, 0.5) is 19.0 Å². The Kier molecular flexibility index (Phi) is 5.14. The SMILES string of the molecule is CO[C@H](c1cn(-c2cccc(C(=O)Nc3cccc(-c4nncn4C4C5C[C@H]54)n3)c2)cn1)C(F)(F)F. The first-order chi connectivity index (χ1) is 17.3. The molecule has 1 aromatic carbocycles. The molecule has 0 radical (unpaired) electrons. The van der Waals surface area contributed by atoms with Crippen molar-refractivity contribution in [2.75, 3.05) is 12.4 Å². The number of carbonyl (C=O) groups excluding carboxylic acids is 1. The van der Waals surface area contributed by atoms with Crippen molar-refractivity contribution in [2.24, 2.45) is 11.8 Å². The third-order valence-corrected chi connectivity index (χ3v) is 6.55. The second-order valence-corrected chi connectivity index (χ2v) is 8.89. The zero-order valence-electron chi connectivity index (χ0n) is 18.9. The van der Waals surface area contributed by atoms with Gasteiger partial charge in [-0.2, -0.15) is 13.2 Å². The van der Waals surface area contributed by atoms with Crippen molar-refractivity contribution in [3.63, 3.8) is 0 Å². The normalized spacial score (nSPS) is 21.1. The lowest BCUT2D eigenvalue weighted by molar-refractivity contribution is -0.217. The molecule has 0 spiro atoms. The van der Waals surface area contributed by atoms with Gasteiger partial charge < -0.3 is 19.2 Å². The molecular weight excluding hydrogens is 475 g/mol. The molecule has 36 heavy (non-hydrogen) atoms. The van der Waals surface area contributed by atoms with Crippen molar-refractivity contribution in [1.82, 2.24) is 29.3 Å². The molecular formula is C24H20F3N7O2. The summed E-state index contributed by atoms with van der Waals surface area (Å²) >= 11 is 0. The van der Waals surface area contributed by atoms with Crippen LogP contribution >= 0.6 is 0 Å². The van der Waals surface area contributed by atoms with E-state index in [1.807, 2.05) is 10.6 Å². The predicted octanol–water partition coefficient (Wildman–Crippen LogP) is 4.22. The third-order valence-electron chi connectivity index (χ3n) is 6.55. The van der Waals surface area contributed by atoms with E-state index in [-0.39, 0.29) is 5.69 Å². The van der Waals surface area contributed by atoms with E-state index in [0.29, 0.717) is 34.6 Å². The van der Waals surface area contributed by atoms with E-state index in [4.69, 9.17) is 0 Å². The summed E-state index contributed by atoms with van der Waals surface area (Å²) in [6.07, 6.45) is -1.29. The van der Waals surface area contributed by atoms with E-state index in [9.17, 15) is 18.0 Å². The number of hydrogen-bond acceptors (Lipinski definition) is 6. The van der Waals surface area contributed by atoms with Gasteiger partial charge >= 0.3 is 6.18 Å². The Morgan fingerprint density at radius 1 is 1.17 bits per heavy atom. The predicted molar refractivity (Wildman–Crippen MR) is 121 cm³/mol. The van der Waals surface area contributed by atoms with Crippen LogP contribution in [0.25, 0.3) is 17.2 Å². The molecule has 2 aliphatic rings. The van der Waals surface area contributed by atoms with Crippen molar-refractivity contribution in [3.05, 3.63) is 72.6 Å². The van der Waals surface area contributed by atoms with Gasteiger partial charge in [0.25, 0.3) is 5.91 Å². The second kappa shape index (κ2) is 8.26. The number of benzene rings is 1. The van der Waals surface area contributed by atoms with E-state index in [0.717, 1.165) is 18.9 Å². The van der Waals surface area contributed by atoms with E-state index in [1.165, 1.54) is 23.5 Å². The van der Waals surface area contributed by atoms with Crippen molar-refractivity contribution < 1.29 is 22.7 Å². The molecule has 2 fully saturated rings. The maximum Gasteiger partial charge on any atom is 0.420 e. The van der Waals surface area contributed by atoms with Gasteiger partial charge in [0.2, 0.25) is 0 Å². The highest BCUT2D eigenvalue weighted by Gasteiger charge is 2.65. The minimum atomic E-state index is -4.59. The Morgan fingerprint density at radius 3 is 2.69 bits per heavy atom. The number of nitrogens with zero attached hydrogens (tertiary/aromatic N) is 6. The molecule has 2 aliphatic carbocycles. The van der Waals surface area contributed by atoms with Crippen LogP contribution in [-0.4, -0.2) is 48.5 Å². The van der Waals surface area contributed by atoms with Gasteiger partial charge in [-0.3, -0.25) is 4.79 Å². The fraction of sp³-hybridized carbons (Fsp3) is 0.292. The molecule has 4 atom stereocenters. The van der Waals surface area contributed by atoms with Gasteiger partial charge in [-0.1, -0.05) is 12.1 Å². The number of imidazole rings is 1. The summed E-state index contributed by atoms with van der Waals surface area (Å²) in [5.74, 6) is 2.02. The summed E-state index contributed by atoms with van der Waals surface area (Å²) < 4.78 is 47.5. The van der Waals surface area contributed by atoms with Crippen LogP contribution in [0.2, 0.25) is 0 Å². The molecule has 0 aliphatic heterocycles. The second-order valence-electron chi connectivity index (χ2n) is 8.89. The lowest BCUT2D eigenvalue weighted by Crippen LogP contribution is -2.22. The summed E-state index contributed by atoms with van der Waals surface area (Å²) in [7, 11) is 0.976. The fourth-order valence-electron chi connectivity index (χ4n) is 4.46. The minimum Gasteiger partial charge on any atom is -0.366 e. The van der Waals surface area contributed by atoms with Crippen LogP contribution in [-0.2, 0) is 4.74 Å². The highest BCUT2D eigenvalue weighted by molar-refractivity contribution is 6.04. The molecule has 9 nitrogen and oxygen atoms in total. The quantitative estimate of drug-likeness (QED) is 0.412. The van der Waals surface area contributed by atoms with E-state index in [1.54, 1.807) is 42.7 Å². The van der Waals surface area contributed by atoms with Gasteiger partial charge in [-0.05, 0) is 48.6 Å². The Morgan fingerprint density at radius 2 is 1.97 bits per heavy atom. The van der Waals surface area contributed by atoms with E-state index in [2.05, 4.69) is 30.2 Å². The lowest BCUT2D eigenvalue weighted by atomic mass is 10.2. The van der Waals surface area contributed by atoms with Crippen LogP contribution in [0.15, 0.2) is 61.3 Å². The van der Waals surface area contributed by atoms with Gasteiger partial charge in [-0.15, -0.1) is 10.2 Å². The number of carbonyl (C=O) groups is 1. The first-order valence-electron chi connectivity index (χ1n) is 11.3. The molecule has 2 saturated carbocycles. The van der Waals surface area contributed by atoms with Crippen LogP contribution in [0.5, 0.6) is 0 Å². The number of ether oxygens (including phenoxy) is 1. The van der Waals surface area contributed by atoms with Crippen LogP contribution < -0.4 is 5.32 Å². The highest BCUT2D eigenvalue weighted by Crippen LogP contribution is 2.71. The zero-order valence-corrected chi connectivity index (χ0v) is 18.9. The van der Waals surface area contributed by atoms with Gasteiger partial charge in [-0.25, -0.2) is 9.97 Å². The maximum absolute atomic E-state index is 13.2. The van der Waals surface area contributed by atoms with Crippen LogP contribution in [0.3, 0.4) is 0 Å². The van der Waals surface area contributed by atoms with Crippen molar-refractivity contribution >= 4 is 11.7 Å². The van der Waals surface area contributed by atoms with Crippen molar-refractivity contribution in [3.8, 4) is 17.2 Å². The standard InChI is InChI=1S/C24H20F3N7O2/c1-36-21(24(25,26)27)18-10-33(11-28-18)14-5-2-4-13(8-14)23(35)31-19-7-3-6-17(30-19)22-32-29-12-34(22)20-15-9-16(15)20/h2-8,10-12,15-16,20-21H,9H2,1H3,(H,30,31,35)/t15-,16?,20?,21-/m1/s1. The first-order valence-corrected chi connectivity index (χ1v) is 11.3. The van der Waals surface area contributed by atoms with Gasteiger partial charge in [0.15, 0.2) is 11.9 Å². The Labute approximate surface area is 203 Å². The monoisotopic (exact) mass is 495 g/mol. The fourth-order valence-corrected chi connectivity index (χ4v) is 4.46. The molecule has 1 amide bonds. The number of hydrogen-bond donors (Lipinski definition) is 1. The maximum atomic E-state index is 13.2. The molecule has 0 bridgehead atoms. The molecule has 1 N–H and O–H groups in total. The van der Waals surface area contributed by atoms with E-state index >= 15 is 0 Å². The number of methoxy groups -OCH3 is 1. The molecule has 4 aromatic rings. The molecule has 3 aromatic heterocycles. The average Bonchev–Trinajstić information content (AvgIpc) is 3.63. The number of anilines is 1. The van der Waals surface area contributed by atoms with Crippen molar-refractivity contribution in [2.45, 2.75) is 24.7 Å². The van der Waals surface area contributed by atoms with E-state index < -0.39 is 18.2 Å². The first kappa shape index (κ1) is 22.4. The Bertz CT molecular complexity index is 1440. The minimum absolute atomic E-state index is 0.280. The number of aromatic nitrogens is 6. The Hall–Kier alpha value is -4.06. The largest absolute Gasteiger partial charge is 0.420 e. The number of amides is 1. The topological polar surface area (TPSA) is 99.8 Å².